The van der Waals surface area contributed by atoms with E-state index in [0.29, 0.717) is 12.8 Å². The molecule has 1 aromatic rings. The first-order chi connectivity index (χ1) is 6.14. The van der Waals surface area contributed by atoms with E-state index < -0.39 is 7.52 Å². The maximum atomic E-state index is 11.3. The van der Waals surface area contributed by atoms with E-state index in [-0.39, 0.29) is 0 Å². The first-order valence-corrected chi connectivity index (χ1v) is 6.08. The van der Waals surface area contributed by atoms with Crippen LogP contribution in [0.1, 0.15) is 12.5 Å². The lowest BCUT2D eigenvalue weighted by Crippen LogP contribution is -2.02. The van der Waals surface area contributed by atoms with Gasteiger partial charge in [0.15, 0.2) is 0 Å². The van der Waals surface area contributed by atoms with E-state index in [2.05, 4.69) is 0 Å². The molecule has 2 N–H and O–H groups in total. The Bertz CT molecular complexity index is 300. The van der Waals surface area contributed by atoms with Gasteiger partial charge >= 0.3 is 0 Å². The monoisotopic (exact) mass is 199 g/mol. The van der Waals surface area contributed by atoms with E-state index in [9.17, 15) is 4.57 Å². The number of rotatable bonds is 4. The van der Waals surface area contributed by atoms with E-state index in [1.807, 2.05) is 30.3 Å². The lowest BCUT2D eigenvalue weighted by atomic mass is 10.2. The van der Waals surface area contributed by atoms with Gasteiger partial charge in [-0.3, -0.25) is 10.1 Å². The minimum Gasteiger partial charge on any atom is -0.313 e. The standard InChI is InChI=1S/C9H14NO2P/c1-2-13(10,11)12-8-9-6-4-3-5-7-9/h3-7H,2,8H2,1H3,(H2,10,11). The minimum absolute atomic E-state index is 0.322. The summed E-state index contributed by atoms with van der Waals surface area (Å²) in [6.07, 6.45) is 0.375. The second-order valence-corrected chi connectivity index (χ2v) is 5.14. The van der Waals surface area contributed by atoms with Crippen LogP contribution < -0.4 is 5.50 Å². The molecule has 0 saturated carbocycles. The number of hydrogen-bond acceptors (Lipinski definition) is 2. The van der Waals surface area contributed by atoms with Gasteiger partial charge in [-0.05, 0) is 5.56 Å². The fourth-order valence-electron chi connectivity index (χ4n) is 0.849. The van der Waals surface area contributed by atoms with Crippen molar-refractivity contribution in [2.45, 2.75) is 13.5 Å². The van der Waals surface area contributed by atoms with Crippen molar-refractivity contribution >= 4 is 7.52 Å². The Balaban J connectivity index is 2.49. The molecule has 0 aliphatic rings. The summed E-state index contributed by atoms with van der Waals surface area (Å²) in [4.78, 5) is 0. The Morgan fingerprint density at radius 1 is 1.38 bits per heavy atom. The second-order valence-electron chi connectivity index (χ2n) is 2.80. The SMILES string of the molecule is CCP(N)(=O)OCc1ccccc1. The Morgan fingerprint density at radius 3 is 2.54 bits per heavy atom. The predicted octanol–water partition coefficient (Wildman–Crippen LogP) is 2.37. The summed E-state index contributed by atoms with van der Waals surface area (Å²) in [7, 11) is -2.84. The van der Waals surface area contributed by atoms with Crippen molar-refractivity contribution in [3.05, 3.63) is 35.9 Å². The van der Waals surface area contributed by atoms with Crippen LogP contribution in [0.5, 0.6) is 0 Å². The zero-order valence-corrected chi connectivity index (χ0v) is 8.54. The fourth-order valence-corrected chi connectivity index (χ4v) is 1.40. The number of hydrogen-bond donors (Lipinski definition) is 1. The normalized spacial score (nSPS) is 15.2. The average molecular weight is 199 g/mol. The van der Waals surface area contributed by atoms with Crippen LogP contribution >= 0.6 is 7.52 Å². The molecule has 13 heavy (non-hydrogen) atoms. The van der Waals surface area contributed by atoms with Gasteiger partial charge in [0.05, 0.1) is 6.61 Å². The van der Waals surface area contributed by atoms with Gasteiger partial charge in [-0.2, -0.15) is 0 Å². The second kappa shape index (κ2) is 4.56. The summed E-state index contributed by atoms with van der Waals surface area (Å²) in [5.74, 6) is 0. The minimum atomic E-state index is -2.84. The van der Waals surface area contributed by atoms with Gasteiger partial charge in [-0.15, -0.1) is 0 Å². The molecular weight excluding hydrogens is 185 g/mol. The molecule has 0 spiro atoms. The van der Waals surface area contributed by atoms with E-state index in [1.165, 1.54) is 0 Å². The molecule has 0 aliphatic carbocycles. The predicted molar refractivity (Wildman–Crippen MR) is 53.6 cm³/mol. The number of nitrogens with two attached hydrogens (primary N) is 1. The van der Waals surface area contributed by atoms with Crippen molar-refractivity contribution in [1.29, 1.82) is 0 Å². The molecule has 1 aromatic carbocycles. The molecule has 0 heterocycles. The molecule has 0 radical (unpaired) electrons. The van der Waals surface area contributed by atoms with Gasteiger partial charge in [-0.25, -0.2) is 0 Å². The van der Waals surface area contributed by atoms with Crippen LogP contribution in [-0.2, 0) is 15.7 Å². The highest BCUT2D eigenvalue weighted by Crippen LogP contribution is 2.37. The molecule has 0 bridgehead atoms. The molecule has 0 saturated heterocycles. The van der Waals surface area contributed by atoms with E-state index in [4.69, 9.17) is 10.0 Å². The molecule has 0 amide bonds. The van der Waals surface area contributed by atoms with Crippen LogP contribution in [0.4, 0.5) is 0 Å². The summed E-state index contributed by atoms with van der Waals surface area (Å²) in [6, 6.07) is 9.56. The molecule has 0 aromatic heterocycles. The van der Waals surface area contributed by atoms with Crippen molar-refractivity contribution in [2.75, 3.05) is 6.16 Å². The smallest absolute Gasteiger partial charge is 0.267 e. The molecule has 1 atom stereocenters. The van der Waals surface area contributed by atoms with E-state index in [0.717, 1.165) is 5.56 Å². The molecule has 4 heteroatoms. The highest BCUT2D eigenvalue weighted by atomic mass is 31.2. The Hall–Kier alpha value is -0.630. The maximum absolute atomic E-state index is 11.3. The largest absolute Gasteiger partial charge is 0.313 e. The van der Waals surface area contributed by atoms with Crippen molar-refractivity contribution in [3.63, 3.8) is 0 Å². The topological polar surface area (TPSA) is 52.3 Å². The molecule has 3 nitrogen and oxygen atoms in total. The highest BCUT2D eigenvalue weighted by molar-refractivity contribution is 7.56. The van der Waals surface area contributed by atoms with Gasteiger partial charge in [0.25, 0.3) is 7.52 Å². The van der Waals surface area contributed by atoms with Crippen LogP contribution in [0, 0.1) is 0 Å². The zero-order chi connectivity index (χ0) is 9.73. The van der Waals surface area contributed by atoms with Crippen LogP contribution in [0.2, 0.25) is 0 Å². The third-order valence-corrected chi connectivity index (χ3v) is 3.18. The summed E-state index contributed by atoms with van der Waals surface area (Å²) in [5, 5.41) is 0. The summed E-state index contributed by atoms with van der Waals surface area (Å²) in [5.41, 5.74) is 6.38. The maximum Gasteiger partial charge on any atom is 0.267 e. The van der Waals surface area contributed by atoms with Crippen molar-refractivity contribution in [3.8, 4) is 0 Å². The summed E-state index contributed by atoms with van der Waals surface area (Å²) in [6.45, 7) is 2.08. The lowest BCUT2D eigenvalue weighted by Gasteiger charge is -2.10. The molecule has 0 fully saturated rings. The van der Waals surface area contributed by atoms with Crippen molar-refractivity contribution < 1.29 is 9.09 Å². The van der Waals surface area contributed by atoms with Crippen LogP contribution in [-0.4, -0.2) is 6.16 Å². The fraction of sp³-hybridized carbons (Fsp3) is 0.333. The van der Waals surface area contributed by atoms with Crippen LogP contribution in [0.3, 0.4) is 0 Å². The first kappa shape index (κ1) is 10.5. The van der Waals surface area contributed by atoms with Gasteiger partial charge in [-0.1, -0.05) is 37.3 Å². The third kappa shape index (κ3) is 3.73. The van der Waals surface area contributed by atoms with Crippen molar-refractivity contribution in [2.24, 2.45) is 5.50 Å². The van der Waals surface area contributed by atoms with E-state index >= 15 is 0 Å². The Morgan fingerprint density at radius 2 is 2.00 bits per heavy atom. The Labute approximate surface area is 78.4 Å². The average Bonchev–Trinajstić information content (AvgIpc) is 2.17. The third-order valence-electron chi connectivity index (χ3n) is 1.73. The van der Waals surface area contributed by atoms with Crippen LogP contribution in [0.15, 0.2) is 30.3 Å². The van der Waals surface area contributed by atoms with Gasteiger partial charge in [0.1, 0.15) is 0 Å². The molecule has 0 aliphatic heterocycles. The quantitative estimate of drug-likeness (QED) is 0.757. The van der Waals surface area contributed by atoms with Gasteiger partial charge < -0.3 is 4.52 Å². The highest BCUT2D eigenvalue weighted by Gasteiger charge is 2.12. The molecular formula is C9H14NO2P. The van der Waals surface area contributed by atoms with E-state index in [1.54, 1.807) is 6.92 Å². The molecule has 1 unspecified atom stereocenters. The summed E-state index contributed by atoms with van der Waals surface area (Å²) >= 11 is 0. The first-order valence-electron chi connectivity index (χ1n) is 4.20. The zero-order valence-electron chi connectivity index (χ0n) is 7.64. The summed E-state index contributed by atoms with van der Waals surface area (Å²) < 4.78 is 16.4. The number of benzene rings is 1. The van der Waals surface area contributed by atoms with Crippen molar-refractivity contribution in [1.82, 2.24) is 0 Å². The molecule has 1 rings (SSSR count). The van der Waals surface area contributed by atoms with Gasteiger partial charge in [0, 0.05) is 6.16 Å². The van der Waals surface area contributed by atoms with Crippen LogP contribution in [0.25, 0.3) is 0 Å². The lowest BCUT2D eigenvalue weighted by molar-refractivity contribution is 0.304. The van der Waals surface area contributed by atoms with Gasteiger partial charge in [0.2, 0.25) is 0 Å². The molecule has 72 valence electrons. The Kier molecular flexibility index (Phi) is 3.67.